The lowest BCUT2D eigenvalue weighted by atomic mass is 9.80. The molecular formula is C21H21FN2O. The first-order valence-electron chi connectivity index (χ1n) is 8.49. The van der Waals surface area contributed by atoms with E-state index in [1.54, 1.807) is 6.08 Å². The molecule has 0 spiro atoms. The first-order valence-corrected chi connectivity index (χ1v) is 8.49. The highest BCUT2D eigenvalue weighted by molar-refractivity contribution is 5.89. The van der Waals surface area contributed by atoms with Gasteiger partial charge in [0.05, 0.1) is 5.41 Å². The van der Waals surface area contributed by atoms with Crippen LogP contribution < -0.4 is 10.2 Å². The minimum absolute atomic E-state index is 0.147. The number of hydrogen-bond donors (Lipinski definition) is 1. The zero-order chi connectivity index (χ0) is 17.8. The minimum Gasteiger partial charge on any atom is -0.338 e. The molecule has 2 aromatic carbocycles. The van der Waals surface area contributed by atoms with Crippen molar-refractivity contribution in [2.24, 2.45) is 5.41 Å². The normalized spacial score (nSPS) is 24.1. The molecule has 1 unspecified atom stereocenters. The Morgan fingerprint density at radius 2 is 1.84 bits per heavy atom. The third kappa shape index (κ3) is 2.20. The molecule has 1 amide bonds. The summed E-state index contributed by atoms with van der Waals surface area (Å²) >= 11 is 0. The third-order valence-corrected chi connectivity index (χ3v) is 5.16. The van der Waals surface area contributed by atoms with Crippen molar-refractivity contribution in [1.29, 1.82) is 0 Å². The second-order valence-electron chi connectivity index (χ2n) is 7.56. The lowest BCUT2D eigenvalue weighted by Crippen LogP contribution is -2.69. The van der Waals surface area contributed by atoms with Crippen LogP contribution in [0.1, 0.15) is 30.5 Å². The van der Waals surface area contributed by atoms with E-state index in [4.69, 9.17) is 0 Å². The molecule has 0 aromatic heterocycles. The van der Waals surface area contributed by atoms with Crippen molar-refractivity contribution in [2.75, 3.05) is 11.4 Å². The number of carbonyl (C=O) groups is 1. The van der Waals surface area contributed by atoms with Gasteiger partial charge in [0, 0.05) is 23.4 Å². The predicted octanol–water partition coefficient (Wildman–Crippen LogP) is 4.13. The number of halogens is 1. The van der Waals surface area contributed by atoms with Gasteiger partial charge in [-0.15, -0.1) is 0 Å². The lowest BCUT2D eigenvalue weighted by Gasteiger charge is -2.54. The zero-order valence-corrected chi connectivity index (χ0v) is 14.6. The summed E-state index contributed by atoms with van der Waals surface area (Å²) < 4.78 is 15.5. The maximum Gasteiger partial charge on any atom is 0.229 e. The standard InChI is InChI=1S/C21H21FN2O/c1-14-9-10-17-15(11-14)12-18(22)21(16-7-5-4-6-8-16)23-19(25)20(2,3)13-24(17)21/h4-12H,13H2,1-3H3,(H,23,25). The summed E-state index contributed by atoms with van der Waals surface area (Å²) in [7, 11) is 0. The van der Waals surface area contributed by atoms with Crippen LogP contribution in [0.4, 0.5) is 10.1 Å². The second-order valence-corrected chi connectivity index (χ2v) is 7.56. The monoisotopic (exact) mass is 336 g/mol. The average Bonchev–Trinajstić information content (AvgIpc) is 2.57. The molecular weight excluding hydrogens is 315 g/mol. The summed E-state index contributed by atoms with van der Waals surface area (Å²) in [6.07, 6.45) is 1.55. The molecule has 1 saturated heterocycles. The van der Waals surface area contributed by atoms with Crippen molar-refractivity contribution in [2.45, 2.75) is 26.4 Å². The SMILES string of the molecule is Cc1ccc2c(c1)C=C(F)C1(c3ccccc3)NC(=O)C(C)(C)CN21. The molecule has 0 bridgehead atoms. The molecule has 0 saturated carbocycles. The smallest absolute Gasteiger partial charge is 0.229 e. The number of fused-ring (bicyclic) bond motifs is 3. The predicted molar refractivity (Wildman–Crippen MR) is 97.7 cm³/mol. The number of aryl methyl sites for hydroxylation is 1. The van der Waals surface area contributed by atoms with Gasteiger partial charge in [0.25, 0.3) is 0 Å². The van der Waals surface area contributed by atoms with Gasteiger partial charge < -0.3 is 10.2 Å². The van der Waals surface area contributed by atoms with Crippen LogP contribution in [-0.2, 0) is 10.5 Å². The summed E-state index contributed by atoms with van der Waals surface area (Å²) in [6, 6.07) is 15.4. The van der Waals surface area contributed by atoms with Crippen LogP contribution in [0.2, 0.25) is 0 Å². The molecule has 2 aromatic rings. The van der Waals surface area contributed by atoms with Gasteiger partial charge in [0.1, 0.15) is 0 Å². The highest BCUT2D eigenvalue weighted by Gasteiger charge is 2.54. The quantitative estimate of drug-likeness (QED) is 0.849. The van der Waals surface area contributed by atoms with Crippen molar-refractivity contribution in [3.05, 3.63) is 71.0 Å². The van der Waals surface area contributed by atoms with Gasteiger partial charge in [-0.05, 0) is 39.0 Å². The highest BCUT2D eigenvalue weighted by atomic mass is 19.1. The van der Waals surface area contributed by atoms with E-state index < -0.39 is 11.1 Å². The number of hydrogen-bond acceptors (Lipinski definition) is 2. The topological polar surface area (TPSA) is 32.3 Å². The number of rotatable bonds is 1. The van der Waals surface area contributed by atoms with Crippen LogP contribution in [0.3, 0.4) is 0 Å². The highest BCUT2D eigenvalue weighted by Crippen LogP contribution is 2.48. The summed E-state index contributed by atoms with van der Waals surface area (Å²) in [5.74, 6) is -0.507. The number of nitrogens with one attached hydrogen (secondary N) is 1. The molecule has 0 radical (unpaired) electrons. The molecule has 0 aliphatic carbocycles. The Morgan fingerprint density at radius 1 is 1.12 bits per heavy atom. The molecule has 128 valence electrons. The molecule has 1 fully saturated rings. The fourth-order valence-corrected chi connectivity index (χ4v) is 3.76. The van der Waals surface area contributed by atoms with Gasteiger partial charge in [-0.2, -0.15) is 0 Å². The number of nitrogens with zero attached hydrogens (tertiary/aromatic N) is 1. The van der Waals surface area contributed by atoms with Gasteiger partial charge in [-0.3, -0.25) is 4.79 Å². The van der Waals surface area contributed by atoms with E-state index in [2.05, 4.69) is 5.32 Å². The van der Waals surface area contributed by atoms with Gasteiger partial charge in [0.2, 0.25) is 5.91 Å². The molecule has 1 N–H and O–H groups in total. The largest absolute Gasteiger partial charge is 0.338 e. The Bertz CT molecular complexity index is 888. The molecule has 1 atom stereocenters. The fourth-order valence-electron chi connectivity index (χ4n) is 3.76. The van der Waals surface area contributed by atoms with E-state index in [0.717, 1.165) is 22.4 Å². The van der Waals surface area contributed by atoms with Crippen LogP contribution >= 0.6 is 0 Å². The third-order valence-electron chi connectivity index (χ3n) is 5.16. The minimum atomic E-state index is -1.28. The van der Waals surface area contributed by atoms with Crippen molar-refractivity contribution >= 4 is 17.7 Å². The Hall–Kier alpha value is -2.62. The van der Waals surface area contributed by atoms with Crippen LogP contribution in [0.15, 0.2) is 54.4 Å². The number of carbonyl (C=O) groups excluding carboxylic acids is 1. The van der Waals surface area contributed by atoms with E-state index in [1.165, 1.54) is 0 Å². The van der Waals surface area contributed by atoms with Crippen LogP contribution in [0.25, 0.3) is 6.08 Å². The van der Waals surface area contributed by atoms with Crippen LogP contribution in [0, 0.1) is 12.3 Å². The van der Waals surface area contributed by atoms with E-state index in [-0.39, 0.29) is 11.7 Å². The van der Waals surface area contributed by atoms with Gasteiger partial charge in [-0.25, -0.2) is 4.39 Å². The van der Waals surface area contributed by atoms with E-state index >= 15 is 4.39 Å². The fraction of sp³-hybridized carbons (Fsp3) is 0.286. The molecule has 3 nitrogen and oxygen atoms in total. The van der Waals surface area contributed by atoms with Crippen molar-refractivity contribution in [3.8, 4) is 0 Å². The molecule has 2 aliphatic rings. The average molecular weight is 336 g/mol. The van der Waals surface area contributed by atoms with E-state index in [1.807, 2.05) is 74.2 Å². The zero-order valence-electron chi connectivity index (χ0n) is 14.6. The maximum atomic E-state index is 15.5. The van der Waals surface area contributed by atoms with Gasteiger partial charge in [0.15, 0.2) is 11.5 Å². The molecule has 4 rings (SSSR count). The second kappa shape index (κ2) is 5.19. The van der Waals surface area contributed by atoms with Crippen LogP contribution in [0.5, 0.6) is 0 Å². The van der Waals surface area contributed by atoms with E-state index in [0.29, 0.717) is 6.54 Å². The number of benzene rings is 2. The van der Waals surface area contributed by atoms with Crippen molar-refractivity contribution < 1.29 is 9.18 Å². The number of anilines is 1. The Kier molecular flexibility index (Phi) is 3.29. The van der Waals surface area contributed by atoms with Crippen molar-refractivity contribution in [1.82, 2.24) is 5.32 Å². The maximum absolute atomic E-state index is 15.5. The summed E-state index contributed by atoms with van der Waals surface area (Å²) in [5.41, 5.74) is 1.68. The Balaban J connectivity index is 2.00. The van der Waals surface area contributed by atoms with Crippen LogP contribution in [-0.4, -0.2) is 12.5 Å². The van der Waals surface area contributed by atoms with Crippen molar-refractivity contribution in [3.63, 3.8) is 0 Å². The lowest BCUT2D eigenvalue weighted by molar-refractivity contribution is -0.133. The molecule has 2 aliphatic heterocycles. The summed E-state index contributed by atoms with van der Waals surface area (Å²) in [4.78, 5) is 14.7. The van der Waals surface area contributed by atoms with Gasteiger partial charge >= 0.3 is 0 Å². The van der Waals surface area contributed by atoms with E-state index in [9.17, 15) is 4.79 Å². The summed E-state index contributed by atoms with van der Waals surface area (Å²) in [5, 5.41) is 2.99. The Labute approximate surface area is 147 Å². The molecule has 25 heavy (non-hydrogen) atoms. The first kappa shape index (κ1) is 15.9. The van der Waals surface area contributed by atoms with Gasteiger partial charge in [-0.1, -0.05) is 42.0 Å². The number of amides is 1. The molecule has 4 heteroatoms. The molecule has 2 heterocycles. The first-order chi connectivity index (χ1) is 11.8. The Morgan fingerprint density at radius 3 is 2.56 bits per heavy atom. The summed E-state index contributed by atoms with van der Waals surface area (Å²) in [6.45, 7) is 6.21.